The van der Waals surface area contributed by atoms with Gasteiger partial charge in [0.15, 0.2) is 0 Å². The molecule has 7 nitrogen and oxygen atoms in total. The van der Waals surface area contributed by atoms with Gasteiger partial charge in [0.2, 0.25) is 5.91 Å². The van der Waals surface area contributed by atoms with Crippen LogP contribution in [0.3, 0.4) is 0 Å². The molecule has 0 bridgehead atoms. The van der Waals surface area contributed by atoms with E-state index in [0.717, 1.165) is 0 Å². The third-order valence-corrected chi connectivity index (χ3v) is 2.46. The van der Waals surface area contributed by atoms with Crippen molar-refractivity contribution in [2.24, 2.45) is 0 Å². The fourth-order valence-electron chi connectivity index (χ4n) is 1.42. The van der Waals surface area contributed by atoms with Gasteiger partial charge in [0.05, 0.1) is 6.42 Å². The molecule has 0 radical (unpaired) electrons. The van der Waals surface area contributed by atoms with Gasteiger partial charge in [0.25, 0.3) is 0 Å². The van der Waals surface area contributed by atoms with Crippen molar-refractivity contribution < 1.29 is 19.5 Å². The Hall–Kier alpha value is -2.57. The van der Waals surface area contributed by atoms with E-state index in [1.165, 1.54) is 18.9 Å². The lowest BCUT2D eigenvalue weighted by atomic mass is 10.3. The summed E-state index contributed by atoms with van der Waals surface area (Å²) in [4.78, 5) is 34.3. The highest BCUT2D eigenvalue weighted by Gasteiger charge is 2.10. The van der Waals surface area contributed by atoms with E-state index in [0.29, 0.717) is 11.4 Å². The van der Waals surface area contributed by atoms with Crippen LogP contribution in [0.25, 0.3) is 0 Å². The molecule has 0 unspecified atom stereocenters. The summed E-state index contributed by atoms with van der Waals surface area (Å²) in [5.41, 5.74) is 1.20. The third kappa shape index (κ3) is 5.38. The zero-order chi connectivity index (χ0) is 15.1. The molecule has 0 aliphatic heterocycles. The number of rotatable bonds is 5. The number of nitrogens with zero attached hydrogens (tertiary/aromatic N) is 1. The lowest BCUT2D eigenvalue weighted by Gasteiger charge is -2.17. The molecule has 0 spiro atoms. The molecule has 1 rings (SSSR count). The Morgan fingerprint density at radius 1 is 1.10 bits per heavy atom. The highest BCUT2D eigenvalue weighted by atomic mass is 16.4. The van der Waals surface area contributed by atoms with Crippen LogP contribution < -0.4 is 10.6 Å². The third-order valence-electron chi connectivity index (χ3n) is 2.46. The van der Waals surface area contributed by atoms with Crippen molar-refractivity contribution in [2.75, 3.05) is 24.2 Å². The van der Waals surface area contributed by atoms with Crippen molar-refractivity contribution >= 4 is 29.3 Å². The fourth-order valence-corrected chi connectivity index (χ4v) is 1.42. The number of hydrogen-bond donors (Lipinski definition) is 3. The number of anilines is 2. The molecule has 0 saturated heterocycles. The Morgan fingerprint density at radius 3 is 2.05 bits per heavy atom. The number of carboxylic acid groups (broad SMARTS) is 1. The van der Waals surface area contributed by atoms with Gasteiger partial charge in [-0.1, -0.05) is 0 Å². The van der Waals surface area contributed by atoms with Crippen LogP contribution in [0.5, 0.6) is 0 Å². The molecule has 1 aromatic rings. The van der Waals surface area contributed by atoms with Gasteiger partial charge in [0.1, 0.15) is 0 Å². The minimum absolute atomic E-state index is 0.106. The van der Waals surface area contributed by atoms with Crippen LogP contribution in [0, 0.1) is 0 Å². The molecule has 0 atom stereocenters. The highest BCUT2D eigenvalue weighted by Crippen LogP contribution is 2.13. The maximum atomic E-state index is 11.7. The van der Waals surface area contributed by atoms with E-state index in [9.17, 15) is 14.4 Å². The predicted octanol–water partition coefficient (Wildman–Crippen LogP) is 1.58. The first kappa shape index (κ1) is 15.5. The van der Waals surface area contributed by atoms with Gasteiger partial charge >= 0.3 is 12.0 Å². The average Bonchev–Trinajstić information content (AvgIpc) is 2.37. The Morgan fingerprint density at radius 2 is 1.60 bits per heavy atom. The summed E-state index contributed by atoms with van der Waals surface area (Å²) in [6.45, 7) is 1.54. The molecule has 1 aromatic carbocycles. The van der Waals surface area contributed by atoms with Crippen LogP contribution in [-0.2, 0) is 9.59 Å². The topological polar surface area (TPSA) is 98.7 Å². The molecular formula is C13H17N3O4. The molecule has 108 valence electrons. The van der Waals surface area contributed by atoms with Crippen LogP contribution in [-0.4, -0.2) is 41.5 Å². The number of urea groups is 1. The molecule has 0 aliphatic rings. The van der Waals surface area contributed by atoms with Gasteiger partial charge in [-0.05, 0) is 24.3 Å². The quantitative estimate of drug-likeness (QED) is 0.762. The van der Waals surface area contributed by atoms with Gasteiger partial charge in [-0.3, -0.25) is 9.59 Å². The van der Waals surface area contributed by atoms with Gasteiger partial charge in [0, 0.05) is 31.9 Å². The zero-order valence-electron chi connectivity index (χ0n) is 11.3. The van der Waals surface area contributed by atoms with Crippen molar-refractivity contribution in [3.63, 3.8) is 0 Å². The second-order valence-corrected chi connectivity index (χ2v) is 4.25. The predicted molar refractivity (Wildman–Crippen MR) is 74.6 cm³/mol. The van der Waals surface area contributed by atoms with Gasteiger partial charge in [-0.25, -0.2) is 4.79 Å². The standard InChI is InChI=1S/C13H17N3O4/c1-9(17)14-10-3-5-11(6-4-10)15-13(20)16(2)8-7-12(18)19/h3-6H,7-8H2,1-2H3,(H,14,17)(H,15,20)(H,18,19). The van der Waals surface area contributed by atoms with Crippen LogP contribution in [0.4, 0.5) is 16.2 Å². The van der Waals surface area contributed by atoms with E-state index in [4.69, 9.17) is 5.11 Å². The molecule has 0 aromatic heterocycles. The Labute approximate surface area is 116 Å². The maximum Gasteiger partial charge on any atom is 0.321 e. The molecular weight excluding hydrogens is 262 g/mol. The first-order valence-electron chi connectivity index (χ1n) is 6.00. The summed E-state index contributed by atoms with van der Waals surface area (Å²) in [6.07, 6.45) is -0.106. The van der Waals surface area contributed by atoms with Gasteiger partial charge < -0.3 is 20.6 Å². The van der Waals surface area contributed by atoms with Crippen LogP contribution in [0.2, 0.25) is 0 Å². The Kier molecular flexibility index (Phi) is 5.52. The molecule has 7 heteroatoms. The minimum Gasteiger partial charge on any atom is -0.481 e. The number of carbonyl (C=O) groups excluding carboxylic acids is 2. The SMILES string of the molecule is CC(=O)Nc1ccc(NC(=O)N(C)CCC(=O)O)cc1. The molecule has 0 saturated carbocycles. The van der Waals surface area contributed by atoms with Gasteiger partial charge in [-0.15, -0.1) is 0 Å². The summed E-state index contributed by atoms with van der Waals surface area (Å²) < 4.78 is 0. The van der Waals surface area contributed by atoms with E-state index in [-0.39, 0.29) is 18.9 Å². The van der Waals surface area contributed by atoms with Crippen molar-refractivity contribution in [3.8, 4) is 0 Å². The van der Waals surface area contributed by atoms with E-state index in [1.807, 2.05) is 0 Å². The summed E-state index contributed by atoms with van der Waals surface area (Å²) >= 11 is 0. The van der Waals surface area contributed by atoms with E-state index < -0.39 is 12.0 Å². The summed E-state index contributed by atoms with van der Waals surface area (Å²) in [5.74, 6) is -1.13. The first-order valence-corrected chi connectivity index (χ1v) is 6.00. The number of benzene rings is 1. The second kappa shape index (κ2) is 7.13. The lowest BCUT2D eigenvalue weighted by Crippen LogP contribution is -2.33. The summed E-state index contributed by atoms with van der Waals surface area (Å²) in [7, 11) is 1.52. The highest BCUT2D eigenvalue weighted by molar-refractivity contribution is 5.91. The fraction of sp³-hybridized carbons (Fsp3) is 0.308. The lowest BCUT2D eigenvalue weighted by molar-refractivity contribution is -0.137. The molecule has 0 fully saturated rings. The average molecular weight is 279 g/mol. The van der Waals surface area contributed by atoms with Crippen molar-refractivity contribution in [1.29, 1.82) is 0 Å². The number of carboxylic acids is 1. The summed E-state index contributed by atoms with van der Waals surface area (Å²) in [6, 6.07) is 6.23. The number of aliphatic carboxylic acids is 1. The minimum atomic E-state index is -0.954. The second-order valence-electron chi connectivity index (χ2n) is 4.25. The smallest absolute Gasteiger partial charge is 0.321 e. The molecule has 0 heterocycles. The molecule has 20 heavy (non-hydrogen) atoms. The number of nitrogens with one attached hydrogen (secondary N) is 2. The summed E-state index contributed by atoms with van der Waals surface area (Å²) in [5, 5.41) is 13.8. The molecule has 0 aliphatic carbocycles. The van der Waals surface area contributed by atoms with Crippen LogP contribution in [0.1, 0.15) is 13.3 Å². The number of hydrogen-bond acceptors (Lipinski definition) is 3. The van der Waals surface area contributed by atoms with Crippen LogP contribution in [0.15, 0.2) is 24.3 Å². The number of amides is 3. The van der Waals surface area contributed by atoms with Crippen LogP contribution >= 0.6 is 0 Å². The van der Waals surface area contributed by atoms with Crippen molar-refractivity contribution in [3.05, 3.63) is 24.3 Å². The molecule has 3 amide bonds. The maximum absolute atomic E-state index is 11.7. The largest absolute Gasteiger partial charge is 0.481 e. The number of carbonyl (C=O) groups is 3. The van der Waals surface area contributed by atoms with E-state index in [1.54, 1.807) is 24.3 Å². The normalized spacial score (nSPS) is 9.70. The molecule has 3 N–H and O–H groups in total. The first-order chi connectivity index (χ1) is 9.38. The van der Waals surface area contributed by atoms with E-state index >= 15 is 0 Å². The Balaban J connectivity index is 2.53. The van der Waals surface area contributed by atoms with Gasteiger partial charge in [-0.2, -0.15) is 0 Å². The Bertz CT molecular complexity index is 499. The van der Waals surface area contributed by atoms with Crippen molar-refractivity contribution in [1.82, 2.24) is 4.90 Å². The van der Waals surface area contributed by atoms with E-state index in [2.05, 4.69) is 10.6 Å². The monoisotopic (exact) mass is 279 g/mol. The van der Waals surface area contributed by atoms with Crippen molar-refractivity contribution in [2.45, 2.75) is 13.3 Å². The zero-order valence-corrected chi connectivity index (χ0v) is 11.3.